The summed E-state index contributed by atoms with van der Waals surface area (Å²) in [6.45, 7) is 4.31. The second-order valence-corrected chi connectivity index (χ2v) is 6.62. The SMILES string of the molecule is Cc1c(CNCC2(CO)CCCC2)n(C)c2ccccc12. The van der Waals surface area contributed by atoms with Gasteiger partial charge < -0.3 is 15.0 Å². The van der Waals surface area contributed by atoms with Crippen LogP contribution in [0.15, 0.2) is 24.3 Å². The molecule has 114 valence electrons. The lowest BCUT2D eigenvalue weighted by Crippen LogP contribution is -2.35. The molecule has 1 aliphatic carbocycles. The molecule has 0 spiro atoms. The molecule has 1 fully saturated rings. The highest BCUT2D eigenvalue weighted by atomic mass is 16.3. The number of fused-ring (bicyclic) bond motifs is 1. The fourth-order valence-corrected chi connectivity index (χ4v) is 3.85. The predicted molar refractivity (Wildman–Crippen MR) is 87.3 cm³/mol. The van der Waals surface area contributed by atoms with Gasteiger partial charge in [-0.3, -0.25) is 0 Å². The molecule has 2 N–H and O–H groups in total. The van der Waals surface area contributed by atoms with Gasteiger partial charge in [0, 0.05) is 48.8 Å². The Morgan fingerprint density at radius 1 is 1.24 bits per heavy atom. The van der Waals surface area contributed by atoms with Crippen molar-refractivity contribution in [2.75, 3.05) is 13.2 Å². The molecule has 1 aromatic heterocycles. The molecule has 0 aliphatic heterocycles. The van der Waals surface area contributed by atoms with Gasteiger partial charge in [-0.2, -0.15) is 0 Å². The fourth-order valence-electron chi connectivity index (χ4n) is 3.85. The van der Waals surface area contributed by atoms with E-state index < -0.39 is 0 Å². The van der Waals surface area contributed by atoms with Crippen molar-refractivity contribution in [2.45, 2.75) is 39.2 Å². The molecule has 1 saturated carbocycles. The first-order valence-corrected chi connectivity index (χ1v) is 8.01. The summed E-state index contributed by atoms with van der Waals surface area (Å²) in [6.07, 6.45) is 4.83. The molecule has 0 unspecified atom stereocenters. The molecule has 2 aromatic rings. The molecule has 0 atom stereocenters. The lowest BCUT2D eigenvalue weighted by molar-refractivity contribution is 0.128. The minimum atomic E-state index is 0.124. The Morgan fingerprint density at radius 3 is 2.62 bits per heavy atom. The third-order valence-corrected chi connectivity index (χ3v) is 5.30. The highest BCUT2D eigenvalue weighted by molar-refractivity contribution is 5.85. The normalized spacial score (nSPS) is 17.7. The standard InChI is InChI=1S/C18H26N2O/c1-14-15-7-3-4-8-16(15)20(2)17(14)11-19-12-18(13-21)9-5-6-10-18/h3-4,7-8,19,21H,5-6,9-13H2,1-2H3. The van der Waals surface area contributed by atoms with Crippen molar-refractivity contribution < 1.29 is 5.11 Å². The zero-order chi connectivity index (χ0) is 14.9. The van der Waals surface area contributed by atoms with Crippen LogP contribution in [0.4, 0.5) is 0 Å². The summed E-state index contributed by atoms with van der Waals surface area (Å²) in [7, 11) is 2.14. The van der Waals surface area contributed by atoms with Gasteiger partial charge in [0.1, 0.15) is 0 Å². The van der Waals surface area contributed by atoms with E-state index in [9.17, 15) is 5.11 Å². The first-order valence-electron chi connectivity index (χ1n) is 8.01. The van der Waals surface area contributed by atoms with Crippen LogP contribution in [0.5, 0.6) is 0 Å². The molecule has 1 aliphatic rings. The highest BCUT2D eigenvalue weighted by Gasteiger charge is 2.32. The van der Waals surface area contributed by atoms with E-state index in [-0.39, 0.29) is 5.41 Å². The quantitative estimate of drug-likeness (QED) is 0.886. The summed E-state index contributed by atoms with van der Waals surface area (Å²) >= 11 is 0. The van der Waals surface area contributed by atoms with Gasteiger partial charge in [0.25, 0.3) is 0 Å². The Hall–Kier alpha value is -1.32. The lowest BCUT2D eigenvalue weighted by atomic mass is 9.87. The van der Waals surface area contributed by atoms with Crippen LogP contribution in [-0.4, -0.2) is 22.8 Å². The second-order valence-electron chi connectivity index (χ2n) is 6.62. The number of benzene rings is 1. The number of nitrogens with one attached hydrogen (secondary N) is 1. The molecule has 0 radical (unpaired) electrons. The third-order valence-electron chi connectivity index (χ3n) is 5.30. The number of para-hydroxylation sites is 1. The minimum absolute atomic E-state index is 0.124. The van der Waals surface area contributed by atoms with Crippen molar-refractivity contribution in [3.8, 4) is 0 Å². The summed E-state index contributed by atoms with van der Waals surface area (Å²) in [6, 6.07) is 8.57. The van der Waals surface area contributed by atoms with E-state index in [4.69, 9.17) is 0 Å². The van der Waals surface area contributed by atoms with Gasteiger partial charge >= 0.3 is 0 Å². The number of rotatable bonds is 5. The van der Waals surface area contributed by atoms with Crippen LogP contribution in [-0.2, 0) is 13.6 Å². The van der Waals surface area contributed by atoms with E-state index in [1.165, 1.54) is 35.0 Å². The highest BCUT2D eigenvalue weighted by Crippen LogP contribution is 2.37. The summed E-state index contributed by atoms with van der Waals surface area (Å²) in [4.78, 5) is 0. The largest absolute Gasteiger partial charge is 0.396 e. The van der Waals surface area contributed by atoms with Gasteiger partial charge in [-0.15, -0.1) is 0 Å². The Kier molecular flexibility index (Phi) is 4.05. The molecule has 1 heterocycles. The van der Waals surface area contributed by atoms with E-state index in [1.54, 1.807) is 0 Å². The maximum atomic E-state index is 9.69. The summed E-state index contributed by atoms with van der Waals surface area (Å²) in [5.41, 5.74) is 4.13. The zero-order valence-corrected chi connectivity index (χ0v) is 13.2. The van der Waals surface area contributed by atoms with Gasteiger partial charge in [0.05, 0.1) is 0 Å². The summed E-state index contributed by atoms with van der Waals surface area (Å²) in [5.74, 6) is 0. The van der Waals surface area contributed by atoms with Gasteiger partial charge in [-0.05, 0) is 31.4 Å². The van der Waals surface area contributed by atoms with Crippen LogP contribution < -0.4 is 5.32 Å². The fraction of sp³-hybridized carbons (Fsp3) is 0.556. The van der Waals surface area contributed by atoms with Gasteiger partial charge in [0.2, 0.25) is 0 Å². The Balaban J connectivity index is 1.74. The number of aryl methyl sites for hydroxylation is 2. The van der Waals surface area contributed by atoms with Gasteiger partial charge in [0.15, 0.2) is 0 Å². The van der Waals surface area contributed by atoms with E-state index in [0.29, 0.717) is 6.61 Å². The molecule has 3 rings (SSSR count). The average Bonchev–Trinajstić information content (AvgIpc) is 3.08. The second kappa shape index (κ2) is 5.82. The zero-order valence-electron chi connectivity index (χ0n) is 13.2. The van der Waals surface area contributed by atoms with Crippen molar-refractivity contribution in [1.82, 2.24) is 9.88 Å². The van der Waals surface area contributed by atoms with Crippen LogP contribution >= 0.6 is 0 Å². The van der Waals surface area contributed by atoms with Crippen LogP contribution in [0.3, 0.4) is 0 Å². The molecule has 1 aromatic carbocycles. The average molecular weight is 286 g/mol. The molecular formula is C18H26N2O. The van der Waals surface area contributed by atoms with Crippen LogP contribution in [0.25, 0.3) is 10.9 Å². The molecule has 21 heavy (non-hydrogen) atoms. The first kappa shape index (κ1) is 14.6. The smallest absolute Gasteiger partial charge is 0.0499 e. The predicted octanol–water partition coefficient (Wildman–Crippen LogP) is 3.13. The van der Waals surface area contributed by atoms with E-state index in [0.717, 1.165) is 25.9 Å². The van der Waals surface area contributed by atoms with E-state index >= 15 is 0 Å². The first-order chi connectivity index (χ1) is 10.2. The minimum Gasteiger partial charge on any atom is -0.396 e. The molecule has 0 bridgehead atoms. The molecule has 0 saturated heterocycles. The maximum absolute atomic E-state index is 9.69. The summed E-state index contributed by atoms with van der Waals surface area (Å²) in [5, 5.41) is 14.6. The Bertz CT molecular complexity index is 584. The number of aromatic nitrogens is 1. The Labute approximate surface area is 127 Å². The van der Waals surface area contributed by atoms with Crippen molar-refractivity contribution in [2.24, 2.45) is 12.5 Å². The summed E-state index contributed by atoms with van der Waals surface area (Å²) < 4.78 is 2.29. The van der Waals surface area contributed by atoms with Gasteiger partial charge in [-0.1, -0.05) is 31.0 Å². The number of nitrogens with zero attached hydrogens (tertiary/aromatic N) is 1. The van der Waals surface area contributed by atoms with Crippen LogP contribution in [0.1, 0.15) is 36.9 Å². The van der Waals surface area contributed by atoms with E-state index in [1.807, 2.05) is 0 Å². The van der Waals surface area contributed by atoms with Gasteiger partial charge in [-0.25, -0.2) is 0 Å². The van der Waals surface area contributed by atoms with Crippen LogP contribution in [0, 0.1) is 12.3 Å². The third kappa shape index (κ3) is 2.60. The van der Waals surface area contributed by atoms with Crippen molar-refractivity contribution in [3.63, 3.8) is 0 Å². The monoisotopic (exact) mass is 286 g/mol. The number of hydrogen-bond acceptors (Lipinski definition) is 2. The molecule has 3 nitrogen and oxygen atoms in total. The Morgan fingerprint density at radius 2 is 1.95 bits per heavy atom. The molecular weight excluding hydrogens is 260 g/mol. The number of aliphatic hydroxyl groups is 1. The molecule has 3 heteroatoms. The number of aliphatic hydroxyl groups excluding tert-OH is 1. The topological polar surface area (TPSA) is 37.2 Å². The number of hydrogen-bond donors (Lipinski definition) is 2. The van der Waals surface area contributed by atoms with E-state index in [2.05, 4.69) is 48.1 Å². The maximum Gasteiger partial charge on any atom is 0.0499 e. The van der Waals surface area contributed by atoms with Crippen molar-refractivity contribution in [3.05, 3.63) is 35.5 Å². The van der Waals surface area contributed by atoms with Crippen molar-refractivity contribution in [1.29, 1.82) is 0 Å². The molecule has 0 amide bonds. The van der Waals surface area contributed by atoms with Crippen molar-refractivity contribution >= 4 is 10.9 Å². The van der Waals surface area contributed by atoms with Crippen LogP contribution in [0.2, 0.25) is 0 Å². The lowest BCUT2D eigenvalue weighted by Gasteiger charge is -2.26.